The second kappa shape index (κ2) is 5.10. The van der Waals surface area contributed by atoms with Gasteiger partial charge in [0.05, 0.1) is 12.3 Å². The molecule has 2 aromatic rings. The summed E-state index contributed by atoms with van der Waals surface area (Å²) in [5.74, 6) is -1.46. The van der Waals surface area contributed by atoms with Gasteiger partial charge in [-0.05, 0) is 37.3 Å². The van der Waals surface area contributed by atoms with E-state index in [1.807, 2.05) is 0 Å². The number of benzene rings is 1. The fraction of sp³-hybridized carbons (Fsp3) is 0.167. The van der Waals surface area contributed by atoms with Crippen molar-refractivity contribution in [3.63, 3.8) is 0 Å². The number of hydrogen-bond acceptors (Lipinski definition) is 3. The monoisotopic (exact) mass is 287 g/mol. The Labute approximate surface area is 109 Å². The molecular formula is C12H11F2NO3S. The zero-order chi connectivity index (χ0) is 14.0. The molecule has 1 aromatic carbocycles. The quantitative estimate of drug-likeness (QED) is 0.940. The lowest BCUT2D eigenvalue weighted by Crippen LogP contribution is -2.27. The summed E-state index contributed by atoms with van der Waals surface area (Å²) >= 11 is 0. The minimum atomic E-state index is -4.16. The van der Waals surface area contributed by atoms with Crippen LogP contribution in [0.2, 0.25) is 0 Å². The SMILES string of the molecule is CC(NS(=O)(=O)c1cc(F)ccc1F)c1ccco1. The largest absolute Gasteiger partial charge is 0.468 e. The highest BCUT2D eigenvalue weighted by atomic mass is 32.2. The number of nitrogens with one attached hydrogen (secondary N) is 1. The zero-order valence-corrected chi connectivity index (χ0v) is 10.7. The van der Waals surface area contributed by atoms with Gasteiger partial charge in [0.15, 0.2) is 0 Å². The van der Waals surface area contributed by atoms with Crippen LogP contribution in [0.4, 0.5) is 8.78 Å². The van der Waals surface area contributed by atoms with Crippen molar-refractivity contribution in [1.29, 1.82) is 0 Å². The molecule has 4 nitrogen and oxygen atoms in total. The minimum absolute atomic E-state index is 0.375. The maximum absolute atomic E-state index is 13.4. The van der Waals surface area contributed by atoms with E-state index in [2.05, 4.69) is 4.72 Å². The molecule has 0 fully saturated rings. The van der Waals surface area contributed by atoms with Crippen LogP contribution in [0.5, 0.6) is 0 Å². The van der Waals surface area contributed by atoms with Gasteiger partial charge in [-0.2, -0.15) is 0 Å². The van der Waals surface area contributed by atoms with Crippen LogP contribution in [-0.4, -0.2) is 8.42 Å². The molecule has 0 radical (unpaired) electrons. The van der Waals surface area contributed by atoms with Gasteiger partial charge in [0.2, 0.25) is 10.0 Å². The Kier molecular flexibility index (Phi) is 3.68. The average Bonchev–Trinajstić information content (AvgIpc) is 2.85. The Bertz CT molecular complexity index is 668. The summed E-state index contributed by atoms with van der Waals surface area (Å²) in [6.07, 6.45) is 1.39. The van der Waals surface area contributed by atoms with Crippen molar-refractivity contribution < 1.29 is 21.6 Å². The molecule has 0 saturated heterocycles. The van der Waals surface area contributed by atoms with Gasteiger partial charge in [0, 0.05) is 0 Å². The van der Waals surface area contributed by atoms with Crippen LogP contribution in [0.25, 0.3) is 0 Å². The van der Waals surface area contributed by atoms with Crippen LogP contribution in [0.1, 0.15) is 18.7 Å². The summed E-state index contributed by atoms with van der Waals surface area (Å²) in [4.78, 5) is -0.731. The van der Waals surface area contributed by atoms with Crippen molar-refractivity contribution >= 4 is 10.0 Å². The molecule has 1 aromatic heterocycles. The highest BCUT2D eigenvalue weighted by Gasteiger charge is 2.23. The van der Waals surface area contributed by atoms with Gasteiger partial charge >= 0.3 is 0 Å². The minimum Gasteiger partial charge on any atom is -0.468 e. The summed E-state index contributed by atoms with van der Waals surface area (Å²) in [6.45, 7) is 1.54. The van der Waals surface area contributed by atoms with Crippen LogP contribution >= 0.6 is 0 Å². The first-order valence-corrected chi connectivity index (χ1v) is 6.89. The molecule has 1 unspecified atom stereocenters. The maximum atomic E-state index is 13.4. The Morgan fingerprint density at radius 1 is 1.26 bits per heavy atom. The fourth-order valence-corrected chi connectivity index (χ4v) is 2.88. The normalized spacial score (nSPS) is 13.4. The predicted octanol–water partition coefficient (Wildman–Crippen LogP) is 2.60. The van der Waals surface area contributed by atoms with E-state index in [9.17, 15) is 17.2 Å². The molecule has 7 heteroatoms. The van der Waals surface area contributed by atoms with Gasteiger partial charge in [0.1, 0.15) is 22.3 Å². The predicted molar refractivity (Wildman–Crippen MR) is 63.8 cm³/mol. The van der Waals surface area contributed by atoms with E-state index in [-0.39, 0.29) is 0 Å². The number of halogens is 2. The van der Waals surface area contributed by atoms with E-state index in [1.165, 1.54) is 13.2 Å². The molecule has 0 aliphatic rings. The van der Waals surface area contributed by atoms with Gasteiger partial charge in [-0.1, -0.05) is 0 Å². The first kappa shape index (κ1) is 13.7. The van der Waals surface area contributed by atoms with Gasteiger partial charge in [-0.3, -0.25) is 0 Å². The van der Waals surface area contributed by atoms with Crippen molar-refractivity contribution in [1.82, 2.24) is 4.72 Å². The second-order valence-electron chi connectivity index (χ2n) is 3.93. The topological polar surface area (TPSA) is 59.3 Å². The molecule has 0 aliphatic carbocycles. The molecule has 0 amide bonds. The van der Waals surface area contributed by atoms with Crippen molar-refractivity contribution in [2.45, 2.75) is 17.9 Å². The van der Waals surface area contributed by atoms with E-state index in [1.54, 1.807) is 12.1 Å². The van der Waals surface area contributed by atoms with Crippen molar-refractivity contribution in [3.05, 3.63) is 54.0 Å². The van der Waals surface area contributed by atoms with E-state index >= 15 is 0 Å². The van der Waals surface area contributed by atoms with Gasteiger partial charge < -0.3 is 4.42 Å². The van der Waals surface area contributed by atoms with Crippen LogP contribution in [0.15, 0.2) is 45.9 Å². The van der Waals surface area contributed by atoms with Crippen LogP contribution < -0.4 is 4.72 Å². The smallest absolute Gasteiger partial charge is 0.244 e. The third kappa shape index (κ3) is 2.99. The van der Waals surface area contributed by atoms with E-state index in [0.29, 0.717) is 11.8 Å². The van der Waals surface area contributed by atoms with E-state index in [0.717, 1.165) is 12.1 Å². The summed E-state index contributed by atoms with van der Waals surface area (Å²) in [5.41, 5.74) is 0. The molecule has 1 heterocycles. The zero-order valence-electron chi connectivity index (χ0n) is 9.93. The number of hydrogen-bond donors (Lipinski definition) is 1. The lowest BCUT2D eigenvalue weighted by molar-refractivity contribution is 0.457. The number of sulfonamides is 1. The van der Waals surface area contributed by atoms with E-state index in [4.69, 9.17) is 4.42 Å². The van der Waals surface area contributed by atoms with Crippen LogP contribution in [-0.2, 0) is 10.0 Å². The third-order valence-corrected chi connectivity index (χ3v) is 4.04. The maximum Gasteiger partial charge on any atom is 0.244 e. The summed E-state index contributed by atoms with van der Waals surface area (Å²) in [5, 5.41) is 0. The molecule has 2 rings (SSSR count). The molecule has 102 valence electrons. The summed E-state index contributed by atoms with van der Waals surface area (Å²) in [6, 6.07) is 4.73. The lowest BCUT2D eigenvalue weighted by Gasteiger charge is -2.12. The first-order chi connectivity index (χ1) is 8.90. The van der Waals surface area contributed by atoms with Crippen molar-refractivity contribution in [2.24, 2.45) is 0 Å². The Morgan fingerprint density at radius 2 is 2.00 bits per heavy atom. The second-order valence-corrected chi connectivity index (χ2v) is 5.62. The summed E-state index contributed by atoms with van der Waals surface area (Å²) in [7, 11) is -4.16. The van der Waals surface area contributed by atoms with Crippen molar-refractivity contribution in [3.8, 4) is 0 Å². The van der Waals surface area contributed by atoms with Gasteiger partial charge in [0.25, 0.3) is 0 Å². The highest BCUT2D eigenvalue weighted by Crippen LogP contribution is 2.20. The number of rotatable bonds is 4. The van der Waals surface area contributed by atoms with Gasteiger partial charge in [-0.25, -0.2) is 21.9 Å². The molecule has 1 N–H and O–H groups in total. The molecule has 1 atom stereocenters. The average molecular weight is 287 g/mol. The molecular weight excluding hydrogens is 276 g/mol. The molecule has 0 bridgehead atoms. The molecule has 0 spiro atoms. The molecule has 19 heavy (non-hydrogen) atoms. The Morgan fingerprint density at radius 3 is 2.63 bits per heavy atom. The number of furan rings is 1. The fourth-order valence-electron chi connectivity index (χ4n) is 1.58. The standard InChI is InChI=1S/C12H11F2NO3S/c1-8(11-3-2-6-18-11)15-19(16,17)12-7-9(13)4-5-10(12)14/h2-8,15H,1H3. The van der Waals surface area contributed by atoms with Crippen LogP contribution in [0.3, 0.4) is 0 Å². The summed E-state index contributed by atoms with van der Waals surface area (Å²) < 4.78 is 57.6. The Hall–Kier alpha value is -1.73. The van der Waals surface area contributed by atoms with Gasteiger partial charge in [-0.15, -0.1) is 0 Å². The Balaban J connectivity index is 2.30. The first-order valence-electron chi connectivity index (χ1n) is 5.41. The third-order valence-electron chi connectivity index (χ3n) is 2.48. The molecule has 0 saturated carbocycles. The van der Waals surface area contributed by atoms with Crippen LogP contribution in [0, 0.1) is 11.6 Å². The highest BCUT2D eigenvalue weighted by molar-refractivity contribution is 7.89. The molecule has 0 aliphatic heterocycles. The van der Waals surface area contributed by atoms with Crippen molar-refractivity contribution in [2.75, 3.05) is 0 Å². The lowest BCUT2D eigenvalue weighted by atomic mass is 10.3. The van der Waals surface area contributed by atoms with E-state index < -0.39 is 32.6 Å².